The summed E-state index contributed by atoms with van der Waals surface area (Å²) >= 11 is 0. The van der Waals surface area contributed by atoms with Gasteiger partial charge >= 0.3 is 0 Å². The van der Waals surface area contributed by atoms with Crippen LogP contribution in [0, 0.1) is 0 Å². The zero-order chi connectivity index (χ0) is 22.4. The zero-order valence-electron chi connectivity index (χ0n) is 18.7. The van der Waals surface area contributed by atoms with Gasteiger partial charge in [-0.05, 0) is 38.0 Å². The minimum absolute atomic E-state index is 0.0572. The lowest BCUT2D eigenvalue weighted by atomic mass is 10.0. The van der Waals surface area contributed by atoms with Crippen molar-refractivity contribution in [2.75, 3.05) is 59.6 Å². The van der Waals surface area contributed by atoms with Crippen LogP contribution in [-0.2, 0) is 14.3 Å². The molecule has 1 aromatic rings. The van der Waals surface area contributed by atoms with Gasteiger partial charge in [-0.15, -0.1) is 0 Å². The first-order chi connectivity index (χ1) is 15.0. The molecule has 1 fully saturated rings. The number of aliphatic hydroxyl groups excluding tert-OH is 1. The van der Waals surface area contributed by atoms with Crippen LogP contribution in [0.1, 0.15) is 25.8 Å². The van der Waals surface area contributed by atoms with Crippen molar-refractivity contribution in [1.82, 2.24) is 14.7 Å². The first-order valence-corrected chi connectivity index (χ1v) is 10.9. The van der Waals surface area contributed by atoms with Crippen LogP contribution in [0.2, 0.25) is 0 Å². The topological polar surface area (TPSA) is 82.6 Å². The molecule has 0 unspecified atom stereocenters. The van der Waals surface area contributed by atoms with Crippen LogP contribution in [0.5, 0.6) is 5.75 Å². The maximum atomic E-state index is 13.3. The summed E-state index contributed by atoms with van der Waals surface area (Å²) in [6.07, 6.45) is 0.654. The average Bonchev–Trinajstić information content (AvgIpc) is 2.99. The van der Waals surface area contributed by atoms with Crippen LogP contribution in [0.4, 0.5) is 0 Å². The molecule has 0 bridgehead atoms. The van der Waals surface area contributed by atoms with Crippen molar-refractivity contribution in [3.05, 3.63) is 35.5 Å². The van der Waals surface area contributed by atoms with Crippen molar-refractivity contribution in [3.8, 4) is 5.75 Å². The third-order valence-corrected chi connectivity index (χ3v) is 5.49. The van der Waals surface area contributed by atoms with E-state index in [0.29, 0.717) is 50.5 Å². The molecule has 1 aromatic carbocycles. The molecule has 8 nitrogen and oxygen atoms in total. The van der Waals surface area contributed by atoms with E-state index in [2.05, 4.69) is 4.90 Å². The van der Waals surface area contributed by atoms with Crippen molar-refractivity contribution in [3.63, 3.8) is 0 Å². The molecule has 1 saturated heterocycles. The monoisotopic (exact) mass is 431 g/mol. The van der Waals surface area contributed by atoms with Gasteiger partial charge in [0.25, 0.3) is 11.8 Å². The van der Waals surface area contributed by atoms with E-state index in [1.807, 2.05) is 43.0 Å². The minimum atomic E-state index is -0.258. The third-order valence-electron chi connectivity index (χ3n) is 5.49. The number of rotatable bonds is 10. The van der Waals surface area contributed by atoms with Gasteiger partial charge in [-0.1, -0.05) is 12.1 Å². The molecule has 0 saturated carbocycles. The van der Waals surface area contributed by atoms with E-state index < -0.39 is 0 Å². The quantitative estimate of drug-likeness (QED) is 0.440. The standard InChI is InChI=1S/C23H33N3O5/c1-17(2)31-19-7-5-18(6-8-19)20-21(25-12-10-24(11-13-25)14-15-27)23(29)26(22(20)28)9-4-16-30-3/h5-8,17,27H,4,9-16H2,1-3H3. The molecule has 0 aromatic heterocycles. The van der Waals surface area contributed by atoms with Gasteiger partial charge in [-0.2, -0.15) is 0 Å². The van der Waals surface area contributed by atoms with Crippen molar-refractivity contribution >= 4 is 17.4 Å². The van der Waals surface area contributed by atoms with Gasteiger partial charge in [0.2, 0.25) is 0 Å². The Morgan fingerprint density at radius 2 is 1.68 bits per heavy atom. The van der Waals surface area contributed by atoms with E-state index in [0.717, 1.165) is 24.4 Å². The third kappa shape index (κ3) is 5.44. The molecule has 3 rings (SSSR count). The Hall–Kier alpha value is -2.42. The molecule has 0 atom stereocenters. The van der Waals surface area contributed by atoms with Crippen molar-refractivity contribution in [1.29, 1.82) is 0 Å². The van der Waals surface area contributed by atoms with Gasteiger partial charge in [-0.3, -0.25) is 19.4 Å². The summed E-state index contributed by atoms with van der Waals surface area (Å²) in [4.78, 5) is 32.1. The number of ether oxygens (including phenoxy) is 2. The largest absolute Gasteiger partial charge is 0.491 e. The van der Waals surface area contributed by atoms with E-state index in [1.165, 1.54) is 4.90 Å². The SMILES string of the molecule is COCCCN1C(=O)C(c2ccc(OC(C)C)cc2)=C(N2CCN(CCO)CC2)C1=O. The van der Waals surface area contributed by atoms with Crippen LogP contribution in [0.25, 0.3) is 5.57 Å². The first-order valence-electron chi connectivity index (χ1n) is 10.9. The number of aliphatic hydroxyl groups is 1. The van der Waals surface area contributed by atoms with Gasteiger partial charge in [0.05, 0.1) is 18.3 Å². The van der Waals surface area contributed by atoms with E-state index in [4.69, 9.17) is 9.47 Å². The smallest absolute Gasteiger partial charge is 0.277 e. The van der Waals surface area contributed by atoms with Crippen LogP contribution in [0.3, 0.4) is 0 Å². The minimum Gasteiger partial charge on any atom is -0.491 e. The molecule has 2 amide bonds. The first kappa shape index (κ1) is 23.2. The summed E-state index contributed by atoms with van der Waals surface area (Å²) in [6, 6.07) is 7.37. The second-order valence-electron chi connectivity index (χ2n) is 8.08. The molecule has 31 heavy (non-hydrogen) atoms. The normalized spacial score (nSPS) is 18.0. The highest BCUT2D eigenvalue weighted by Gasteiger charge is 2.41. The number of nitrogens with zero attached hydrogens (tertiary/aromatic N) is 3. The summed E-state index contributed by atoms with van der Waals surface area (Å²) in [7, 11) is 1.61. The lowest BCUT2D eigenvalue weighted by molar-refractivity contribution is -0.137. The highest BCUT2D eigenvalue weighted by Crippen LogP contribution is 2.33. The molecule has 2 heterocycles. The van der Waals surface area contributed by atoms with E-state index in [-0.39, 0.29) is 24.5 Å². The number of amides is 2. The van der Waals surface area contributed by atoms with Crippen LogP contribution in [0.15, 0.2) is 30.0 Å². The zero-order valence-corrected chi connectivity index (χ0v) is 18.7. The molecule has 8 heteroatoms. The van der Waals surface area contributed by atoms with E-state index >= 15 is 0 Å². The van der Waals surface area contributed by atoms with Crippen molar-refractivity contribution < 1.29 is 24.2 Å². The molecule has 0 spiro atoms. The fourth-order valence-corrected chi connectivity index (χ4v) is 4.00. The predicted molar refractivity (Wildman–Crippen MR) is 117 cm³/mol. The number of β-amino-alcohol motifs (C(OH)–C–C–N with tert-alkyl or cyclic N) is 1. The Morgan fingerprint density at radius 1 is 1.00 bits per heavy atom. The lowest BCUT2D eigenvalue weighted by Gasteiger charge is -2.36. The summed E-state index contributed by atoms with van der Waals surface area (Å²) in [5.41, 5.74) is 1.65. The molecular weight excluding hydrogens is 398 g/mol. The Bertz CT molecular complexity index is 798. The summed E-state index contributed by atoms with van der Waals surface area (Å²) in [5.74, 6) is 0.230. The second-order valence-corrected chi connectivity index (χ2v) is 8.08. The molecule has 0 aliphatic carbocycles. The highest BCUT2D eigenvalue weighted by molar-refractivity contribution is 6.35. The van der Waals surface area contributed by atoms with Crippen LogP contribution in [-0.4, -0.2) is 97.3 Å². The van der Waals surface area contributed by atoms with Crippen molar-refractivity contribution in [2.45, 2.75) is 26.4 Å². The Morgan fingerprint density at radius 3 is 2.26 bits per heavy atom. The van der Waals surface area contributed by atoms with Gasteiger partial charge in [0, 0.05) is 53.0 Å². The molecule has 2 aliphatic heterocycles. The van der Waals surface area contributed by atoms with Crippen molar-refractivity contribution in [2.24, 2.45) is 0 Å². The number of benzene rings is 1. The van der Waals surface area contributed by atoms with Gasteiger partial charge < -0.3 is 19.5 Å². The maximum absolute atomic E-state index is 13.3. The summed E-state index contributed by atoms with van der Waals surface area (Å²) < 4.78 is 10.8. The number of carbonyl (C=O) groups excluding carboxylic acids is 2. The predicted octanol–water partition coefficient (Wildman–Crippen LogP) is 1.20. The number of hydrogen-bond donors (Lipinski definition) is 1. The Balaban J connectivity index is 1.89. The van der Waals surface area contributed by atoms with E-state index in [1.54, 1.807) is 7.11 Å². The number of methoxy groups -OCH3 is 1. The van der Waals surface area contributed by atoms with Gasteiger partial charge in [-0.25, -0.2) is 0 Å². The number of hydrogen-bond acceptors (Lipinski definition) is 7. The number of carbonyl (C=O) groups is 2. The average molecular weight is 432 g/mol. The molecule has 1 N–H and O–H groups in total. The summed E-state index contributed by atoms with van der Waals surface area (Å²) in [6.45, 7) is 8.23. The maximum Gasteiger partial charge on any atom is 0.277 e. The van der Waals surface area contributed by atoms with Gasteiger partial charge in [0.1, 0.15) is 11.4 Å². The number of piperazine rings is 1. The summed E-state index contributed by atoms with van der Waals surface area (Å²) in [5, 5.41) is 9.19. The fraction of sp³-hybridized carbons (Fsp3) is 0.565. The lowest BCUT2D eigenvalue weighted by Crippen LogP contribution is -2.48. The van der Waals surface area contributed by atoms with Crippen LogP contribution < -0.4 is 4.74 Å². The molecule has 2 aliphatic rings. The van der Waals surface area contributed by atoms with E-state index in [9.17, 15) is 14.7 Å². The van der Waals surface area contributed by atoms with Crippen LogP contribution >= 0.6 is 0 Å². The molecule has 170 valence electrons. The van der Waals surface area contributed by atoms with Gasteiger partial charge in [0.15, 0.2) is 0 Å². The highest BCUT2D eigenvalue weighted by atomic mass is 16.5. The molecular formula is C23H33N3O5. The molecule has 0 radical (unpaired) electrons. The second kappa shape index (κ2) is 10.7. The number of imide groups is 1. The fourth-order valence-electron chi connectivity index (χ4n) is 4.00. The Kier molecular flexibility index (Phi) is 8.06. The Labute approximate surface area is 184 Å².